The summed E-state index contributed by atoms with van der Waals surface area (Å²) in [6, 6.07) is 5.30. The molecule has 0 fully saturated rings. The van der Waals surface area contributed by atoms with Crippen LogP contribution in [0.5, 0.6) is 0 Å². The lowest BCUT2D eigenvalue weighted by atomic mass is 10.3. The number of amides is 1. The van der Waals surface area contributed by atoms with E-state index >= 15 is 0 Å². The minimum Gasteiger partial charge on any atom is -0.441 e. The Bertz CT molecular complexity index is 528. The molecule has 2 rings (SSSR count). The Balaban J connectivity index is 2.37. The third-order valence-corrected chi connectivity index (χ3v) is 1.95. The summed E-state index contributed by atoms with van der Waals surface area (Å²) in [5.74, 6) is 0.364. The maximum absolute atomic E-state index is 11.0. The fourth-order valence-corrected chi connectivity index (χ4v) is 1.31. The van der Waals surface area contributed by atoms with E-state index in [9.17, 15) is 4.79 Å². The van der Waals surface area contributed by atoms with E-state index in [-0.39, 0.29) is 5.91 Å². The molecule has 0 aliphatic heterocycles. The number of oxazole rings is 1. The number of fused-ring (bicyclic) bond motifs is 1. The molecule has 0 saturated heterocycles. The van der Waals surface area contributed by atoms with E-state index in [1.807, 2.05) is 0 Å². The summed E-state index contributed by atoms with van der Waals surface area (Å²) in [6.07, 6.45) is 1.22. The number of anilines is 1. The second-order valence-electron chi connectivity index (χ2n) is 3.11. The molecule has 0 aliphatic carbocycles. The standard InChI is InChI=1S/C11H10N2O2/c1-3-11(14)13-8-4-5-9-10(6-8)15-7(2)12-9/h3-6H,1H2,2H3,(H,13,14). The SMILES string of the molecule is C=CC(=O)Nc1ccc2nc(C)oc2c1. The predicted molar refractivity (Wildman–Crippen MR) is 57.6 cm³/mol. The van der Waals surface area contributed by atoms with Crippen molar-refractivity contribution in [2.45, 2.75) is 6.92 Å². The third-order valence-electron chi connectivity index (χ3n) is 1.95. The summed E-state index contributed by atoms with van der Waals surface area (Å²) in [7, 11) is 0. The van der Waals surface area contributed by atoms with Crippen molar-refractivity contribution in [3.05, 3.63) is 36.7 Å². The van der Waals surface area contributed by atoms with Crippen LogP contribution in [-0.4, -0.2) is 10.9 Å². The highest BCUT2D eigenvalue weighted by molar-refractivity contribution is 5.99. The zero-order chi connectivity index (χ0) is 10.8. The van der Waals surface area contributed by atoms with E-state index in [2.05, 4.69) is 16.9 Å². The van der Waals surface area contributed by atoms with Crippen molar-refractivity contribution >= 4 is 22.7 Å². The van der Waals surface area contributed by atoms with E-state index < -0.39 is 0 Å². The van der Waals surface area contributed by atoms with Crippen molar-refractivity contribution in [3.8, 4) is 0 Å². The van der Waals surface area contributed by atoms with E-state index in [0.717, 1.165) is 5.52 Å². The van der Waals surface area contributed by atoms with Gasteiger partial charge in [-0.05, 0) is 18.2 Å². The number of aromatic nitrogens is 1. The van der Waals surface area contributed by atoms with E-state index in [1.54, 1.807) is 25.1 Å². The minimum absolute atomic E-state index is 0.245. The van der Waals surface area contributed by atoms with Crippen molar-refractivity contribution in [1.82, 2.24) is 4.98 Å². The number of rotatable bonds is 2. The van der Waals surface area contributed by atoms with Crippen LogP contribution >= 0.6 is 0 Å². The van der Waals surface area contributed by atoms with Gasteiger partial charge in [-0.15, -0.1) is 0 Å². The molecule has 4 nitrogen and oxygen atoms in total. The van der Waals surface area contributed by atoms with Crippen LogP contribution in [-0.2, 0) is 4.79 Å². The average Bonchev–Trinajstić information content (AvgIpc) is 2.57. The summed E-state index contributed by atoms with van der Waals surface area (Å²) >= 11 is 0. The van der Waals surface area contributed by atoms with Crippen molar-refractivity contribution in [2.24, 2.45) is 0 Å². The number of nitrogens with one attached hydrogen (secondary N) is 1. The minimum atomic E-state index is -0.245. The zero-order valence-electron chi connectivity index (χ0n) is 8.28. The lowest BCUT2D eigenvalue weighted by Crippen LogP contribution is -2.06. The first-order valence-electron chi connectivity index (χ1n) is 4.49. The highest BCUT2D eigenvalue weighted by Gasteiger charge is 2.03. The Hall–Kier alpha value is -2.10. The van der Waals surface area contributed by atoms with E-state index in [1.165, 1.54) is 6.08 Å². The van der Waals surface area contributed by atoms with Gasteiger partial charge in [-0.25, -0.2) is 4.98 Å². The Labute approximate surface area is 86.6 Å². The topological polar surface area (TPSA) is 55.1 Å². The quantitative estimate of drug-likeness (QED) is 0.760. The van der Waals surface area contributed by atoms with Gasteiger partial charge in [0.05, 0.1) is 0 Å². The van der Waals surface area contributed by atoms with Crippen LogP contribution < -0.4 is 5.32 Å². The molecule has 0 aliphatic rings. The largest absolute Gasteiger partial charge is 0.441 e. The lowest BCUT2D eigenvalue weighted by Gasteiger charge is -2.00. The van der Waals surface area contributed by atoms with Gasteiger partial charge in [-0.2, -0.15) is 0 Å². The molecule has 15 heavy (non-hydrogen) atoms. The molecule has 0 unspecified atom stereocenters. The Kier molecular flexibility index (Phi) is 2.25. The maximum Gasteiger partial charge on any atom is 0.247 e. The molecule has 0 atom stereocenters. The molecule has 1 N–H and O–H groups in total. The third kappa shape index (κ3) is 1.88. The molecule has 4 heteroatoms. The normalized spacial score (nSPS) is 10.2. The van der Waals surface area contributed by atoms with Gasteiger partial charge in [0.25, 0.3) is 0 Å². The van der Waals surface area contributed by atoms with Gasteiger partial charge < -0.3 is 9.73 Å². The van der Waals surface area contributed by atoms with E-state index in [4.69, 9.17) is 4.42 Å². The van der Waals surface area contributed by atoms with Crippen LogP contribution in [0, 0.1) is 6.92 Å². The molecule has 0 spiro atoms. The second-order valence-corrected chi connectivity index (χ2v) is 3.11. The van der Waals surface area contributed by atoms with Gasteiger partial charge in [0.2, 0.25) is 5.91 Å². The number of hydrogen-bond acceptors (Lipinski definition) is 3. The Morgan fingerprint density at radius 1 is 1.60 bits per heavy atom. The van der Waals surface area contributed by atoms with Crippen LogP contribution in [0.15, 0.2) is 35.3 Å². The zero-order valence-corrected chi connectivity index (χ0v) is 8.28. The van der Waals surface area contributed by atoms with Crippen molar-refractivity contribution in [2.75, 3.05) is 5.32 Å². The first-order chi connectivity index (χ1) is 7.19. The molecular formula is C11H10N2O2. The number of benzene rings is 1. The molecule has 2 aromatic rings. The molecule has 1 amide bonds. The molecule has 1 heterocycles. The maximum atomic E-state index is 11.0. The highest BCUT2D eigenvalue weighted by atomic mass is 16.3. The van der Waals surface area contributed by atoms with Crippen molar-refractivity contribution in [3.63, 3.8) is 0 Å². The van der Waals surface area contributed by atoms with Gasteiger partial charge in [-0.1, -0.05) is 6.58 Å². The van der Waals surface area contributed by atoms with Crippen LogP contribution in [0.2, 0.25) is 0 Å². The van der Waals surface area contributed by atoms with Crippen LogP contribution in [0.1, 0.15) is 5.89 Å². The summed E-state index contributed by atoms with van der Waals surface area (Å²) in [5, 5.41) is 2.65. The highest BCUT2D eigenvalue weighted by Crippen LogP contribution is 2.19. The molecule has 0 radical (unpaired) electrons. The smallest absolute Gasteiger partial charge is 0.247 e. The molecule has 0 bridgehead atoms. The number of carbonyl (C=O) groups is 1. The van der Waals surface area contributed by atoms with Crippen LogP contribution in [0.25, 0.3) is 11.1 Å². The number of nitrogens with zero attached hydrogens (tertiary/aromatic N) is 1. The summed E-state index contributed by atoms with van der Waals surface area (Å²) in [5.41, 5.74) is 2.11. The predicted octanol–water partition coefficient (Wildman–Crippen LogP) is 2.26. The first kappa shape index (κ1) is 9.45. The number of aryl methyl sites for hydroxylation is 1. The molecule has 1 aromatic heterocycles. The fraction of sp³-hybridized carbons (Fsp3) is 0.0909. The monoisotopic (exact) mass is 202 g/mol. The fourth-order valence-electron chi connectivity index (χ4n) is 1.31. The van der Waals surface area contributed by atoms with Crippen molar-refractivity contribution < 1.29 is 9.21 Å². The summed E-state index contributed by atoms with van der Waals surface area (Å²) in [4.78, 5) is 15.2. The van der Waals surface area contributed by atoms with E-state index in [0.29, 0.717) is 17.2 Å². The number of carbonyl (C=O) groups excluding carboxylic acids is 1. The van der Waals surface area contributed by atoms with Gasteiger partial charge in [0, 0.05) is 18.7 Å². The van der Waals surface area contributed by atoms with Gasteiger partial charge in [0.1, 0.15) is 5.52 Å². The molecular weight excluding hydrogens is 192 g/mol. The van der Waals surface area contributed by atoms with Gasteiger partial charge >= 0.3 is 0 Å². The summed E-state index contributed by atoms with van der Waals surface area (Å²) in [6.45, 7) is 5.16. The molecule has 1 aromatic carbocycles. The Morgan fingerprint density at radius 2 is 2.40 bits per heavy atom. The summed E-state index contributed by atoms with van der Waals surface area (Å²) < 4.78 is 5.34. The lowest BCUT2D eigenvalue weighted by molar-refractivity contribution is -0.111. The van der Waals surface area contributed by atoms with Gasteiger partial charge in [-0.3, -0.25) is 4.79 Å². The molecule has 0 saturated carbocycles. The number of hydrogen-bond donors (Lipinski definition) is 1. The molecule has 76 valence electrons. The average molecular weight is 202 g/mol. The Morgan fingerprint density at radius 3 is 3.13 bits per heavy atom. The van der Waals surface area contributed by atoms with Gasteiger partial charge in [0.15, 0.2) is 11.5 Å². The van der Waals surface area contributed by atoms with Crippen LogP contribution in [0.3, 0.4) is 0 Å². The van der Waals surface area contributed by atoms with Crippen LogP contribution in [0.4, 0.5) is 5.69 Å². The first-order valence-corrected chi connectivity index (χ1v) is 4.49. The second kappa shape index (κ2) is 3.57. The van der Waals surface area contributed by atoms with Crippen molar-refractivity contribution in [1.29, 1.82) is 0 Å².